The van der Waals surface area contributed by atoms with Crippen molar-refractivity contribution in [2.24, 2.45) is 11.8 Å². The molecule has 0 saturated carbocycles. The van der Waals surface area contributed by atoms with Crippen molar-refractivity contribution in [1.29, 1.82) is 0 Å². The zero-order valence-electron chi connectivity index (χ0n) is 36.0. The van der Waals surface area contributed by atoms with Gasteiger partial charge in [-0.15, -0.1) is 0 Å². The van der Waals surface area contributed by atoms with Gasteiger partial charge in [0.15, 0.2) is 6.10 Å². The lowest BCUT2D eigenvalue weighted by atomic mass is 9.82. The highest BCUT2D eigenvalue weighted by atomic mass is 16.6. The smallest absolute Gasteiger partial charge is 0.345 e. The number of unbranched alkanes of at least 4 members (excludes halogenated alkanes) is 3. The first kappa shape index (κ1) is 49.4. The Bertz CT molecular complexity index is 1720. The van der Waals surface area contributed by atoms with Crippen molar-refractivity contribution in [3.05, 3.63) is 63.3 Å². The minimum absolute atomic E-state index is 0.0540. The Labute approximate surface area is 342 Å². The number of carbonyl (C=O) groups excluding carboxylic acids is 5. The van der Waals surface area contributed by atoms with E-state index in [9.17, 15) is 33.9 Å². The van der Waals surface area contributed by atoms with E-state index < -0.39 is 82.7 Å². The van der Waals surface area contributed by atoms with Crippen LogP contribution in [0.4, 0.5) is 0 Å². The lowest BCUT2D eigenvalue weighted by Crippen LogP contribution is -2.50. The molecule has 1 aromatic heterocycles. The molecule has 0 amide bonds. The van der Waals surface area contributed by atoms with E-state index in [4.69, 9.17) is 32.8 Å². The number of carbonyl (C=O) groups is 5. The predicted octanol–water partition coefficient (Wildman–Crippen LogP) is 7.44. The molecule has 1 aliphatic heterocycles. The monoisotopic (exact) mass is 816 g/mol. The molecule has 58 heavy (non-hydrogen) atoms. The van der Waals surface area contributed by atoms with Crippen LogP contribution in [0.25, 0.3) is 0 Å². The SMILES string of the molecule is CCCCCCC(C)C/C(C)=C\C(/C=C(C)/C=C/C(OC(C)=O)C(C)(C)c1cc(O)c([C@@H]2O[C@H](COC(C)=O)C[C@H](OC(C)=O)[C@H]2OC(C)=O)c(=O)o1)COC(C)=O. The molecule has 0 bridgehead atoms. The summed E-state index contributed by atoms with van der Waals surface area (Å²) in [7, 11) is 0. The van der Waals surface area contributed by atoms with Gasteiger partial charge in [0.1, 0.15) is 48.6 Å². The predicted molar refractivity (Wildman–Crippen MR) is 215 cm³/mol. The molecule has 2 heterocycles. The number of aromatic hydroxyl groups is 1. The summed E-state index contributed by atoms with van der Waals surface area (Å²) in [4.78, 5) is 73.7. The Kier molecular flexibility index (Phi) is 20.1. The maximum Gasteiger partial charge on any atom is 0.345 e. The van der Waals surface area contributed by atoms with Gasteiger partial charge in [0.2, 0.25) is 0 Å². The summed E-state index contributed by atoms with van der Waals surface area (Å²) in [6.07, 6.45) is 8.35. The van der Waals surface area contributed by atoms with Crippen LogP contribution < -0.4 is 5.63 Å². The van der Waals surface area contributed by atoms with Crippen LogP contribution in [0.5, 0.6) is 5.75 Å². The van der Waals surface area contributed by atoms with Gasteiger partial charge in [-0.3, -0.25) is 24.0 Å². The minimum Gasteiger partial charge on any atom is -0.507 e. The summed E-state index contributed by atoms with van der Waals surface area (Å²) in [5.74, 6) is -3.46. The summed E-state index contributed by atoms with van der Waals surface area (Å²) in [6, 6.07) is 1.18. The fourth-order valence-electron chi connectivity index (χ4n) is 6.95. The van der Waals surface area contributed by atoms with E-state index in [0.29, 0.717) is 5.92 Å². The molecule has 324 valence electrons. The van der Waals surface area contributed by atoms with Crippen LogP contribution in [0, 0.1) is 11.8 Å². The van der Waals surface area contributed by atoms with E-state index >= 15 is 0 Å². The second-order valence-electron chi connectivity index (χ2n) is 15.8. The van der Waals surface area contributed by atoms with Gasteiger partial charge in [0, 0.05) is 53.0 Å². The molecular formula is C44H64O14. The van der Waals surface area contributed by atoms with E-state index in [2.05, 4.69) is 26.8 Å². The van der Waals surface area contributed by atoms with Crippen molar-refractivity contribution in [2.75, 3.05) is 13.2 Å². The third-order valence-corrected chi connectivity index (χ3v) is 9.69. The van der Waals surface area contributed by atoms with E-state index in [-0.39, 0.29) is 31.3 Å². The van der Waals surface area contributed by atoms with Crippen molar-refractivity contribution < 1.29 is 61.9 Å². The van der Waals surface area contributed by atoms with E-state index in [1.807, 2.05) is 13.0 Å². The Hall–Kier alpha value is -4.72. The van der Waals surface area contributed by atoms with E-state index in [1.165, 1.54) is 58.1 Å². The van der Waals surface area contributed by atoms with Crippen LogP contribution in [-0.2, 0) is 57.8 Å². The number of hydrogen-bond acceptors (Lipinski definition) is 14. The summed E-state index contributed by atoms with van der Waals surface area (Å²) in [5, 5.41) is 11.4. The quantitative estimate of drug-likeness (QED) is 0.0423. The minimum atomic E-state index is -1.50. The topological polar surface area (TPSA) is 191 Å². The van der Waals surface area contributed by atoms with Gasteiger partial charge in [0.05, 0.1) is 11.5 Å². The number of rotatable bonds is 21. The molecule has 0 spiro atoms. The average molecular weight is 817 g/mol. The Balaban J connectivity index is 2.51. The summed E-state index contributed by atoms with van der Waals surface area (Å²) >= 11 is 0. The fourth-order valence-corrected chi connectivity index (χ4v) is 6.95. The van der Waals surface area contributed by atoms with Crippen molar-refractivity contribution in [2.45, 2.75) is 157 Å². The zero-order chi connectivity index (χ0) is 43.7. The second-order valence-corrected chi connectivity index (χ2v) is 15.8. The molecule has 1 fully saturated rings. The van der Waals surface area contributed by atoms with E-state index in [0.717, 1.165) is 32.3 Å². The first-order chi connectivity index (χ1) is 27.1. The van der Waals surface area contributed by atoms with Crippen molar-refractivity contribution >= 4 is 29.8 Å². The highest BCUT2D eigenvalue weighted by Crippen LogP contribution is 2.40. The maximum absolute atomic E-state index is 13.8. The molecule has 0 aromatic carbocycles. The third kappa shape index (κ3) is 16.6. The van der Waals surface area contributed by atoms with Gasteiger partial charge in [0.25, 0.3) is 0 Å². The first-order valence-corrected chi connectivity index (χ1v) is 20.0. The molecule has 1 N–H and O–H groups in total. The highest BCUT2D eigenvalue weighted by molar-refractivity contribution is 5.68. The lowest BCUT2D eigenvalue weighted by molar-refractivity contribution is -0.215. The Morgan fingerprint density at radius 1 is 0.897 bits per heavy atom. The van der Waals surface area contributed by atoms with Gasteiger partial charge in [-0.05, 0) is 46.1 Å². The lowest BCUT2D eigenvalue weighted by Gasteiger charge is -2.40. The molecule has 1 saturated heterocycles. The van der Waals surface area contributed by atoms with Gasteiger partial charge < -0.3 is 37.9 Å². The van der Waals surface area contributed by atoms with Crippen LogP contribution >= 0.6 is 0 Å². The molecule has 3 unspecified atom stereocenters. The molecule has 14 heteroatoms. The maximum atomic E-state index is 13.8. The number of ether oxygens (including phenoxy) is 6. The fraction of sp³-hybridized carbons (Fsp3) is 0.636. The van der Waals surface area contributed by atoms with Gasteiger partial charge >= 0.3 is 35.5 Å². The van der Waals surface area contributed by atoms with Crippen LogP contribution in [-0.4, -0.2) is 72.6 Å². The summed E-state index contributed by atoms with van der Waals surface area (Å²) in [6.45, 7) is 17.6. The van der Waals surface area contributed by atoms with Crippen LogP contribution in [0.2, 0.25) is 0 Å². The molecule has 0 radical (unpaired) electrons. The summed E-state index contributed by atoms with van der Waals surface area (Å²) in [5.41, 5.74) is -0.781. The van der Waals surface area contributed by atoms with Crippen molar-refractivity contribution in [1.82, 2.24) is 0 Å². The van der Waals surface area contributed by atoms with Gasteiger partial charge in [-0.25, -0.2) is 4.79 Å². The first-order valence-electron chi connectivity index (χ1n) is 20.0. The van der Waals surface area contributed by atoms with Crippen molar-refractivity contribution in [3.63, 3.8) is 0 Å². The molecule has 1 aliphatic rings. The Morgan fingerprint density at radius 3 is 2.12 bits per heavy atom. The van der Waals surface area contributed by atoms with E-state index in [1.54, 1.807) is 26.0 Å². The number of esters is 5. The van der Waals surface area contributed by atoms with Gasteiger partial charge in [-0.2, -0.15) is 0 Å². The summed E-state index contributed by atoms with van der Waals surface area (Å²) < 4.78 is 38.9. The number of hydrogen-bond donors (Lipinski definition) is 1. The molecule has 2 rings (SSSR count). The molecular weight excluding hydrogens is 752 g/mol. The zero-order valence-corrected chi connectivity index (χ0v) is 36.0. The second kappa shape index (κ2) is 23.6. The van der Waals surface area contributed by atoms with Crippen molar-refractivity contribution in [3.8, 4) is 5.75 Å². The average Bonchev–Trinajstić information content (AvgIpc) is 3.10. The molecule has 14 nitrogen and oxygen atoms in total. The standard InChI is InChI=1S/C44H64O14/c1-12-13-14-15-16-26(2)19-28(4)21-34(24-52-29(5)45)20-27(3)17-18-38(55-32(8)48)44(10,11)39-23-36(50)40(43(51)58-39)42-41(56-33(9)49)37(54-31(7)47)22-35(57-42)25-53-30(6)46/h17-18,20-21,23,26,34-35,37-38,41-42,50H,12-16,19,22,24-25H2,1-11H3/b18-17+,27-20+,28-21-/t26?,34?,35-,37-,38?,41+,42-/m0/s1. The Morgan fingerprint density at radius 2 is 1.55 bits per heavy atom. The molecule has 7 atom stereocenters. The third-order valence-electron chi connectivity index (χ3n) is 9.69. The number of allylic oxidation sites excluding steroid dienone is 3. The largest absolute Gasteiger partial charge is 0.507 e. The molecule has 0 aliphatic carbocycles. The van der Waals surface area contributed by atoms with Crippen LogP contribution in [0.15, 0.2) is 50.7 Å². The highest BCUT2D eigenvalue weighted by Gasteiger charge is 2.47. The van der Waals surface area contributed by atoms with Crippen LogP contribution in [0.1, 0.15) is 139 Å². The van der Waals surface area contributed by atoms with Crippen LogP contribution in [0.3, 0.4) is 0 Å². The molecule has 1 aromatic rings. The normalized spacial score (nSPS) is 20.5. The van der Waals surface area contributed by atoms with Gasteiger partial charge in [-0.1, -0.05) is 75.3 Å².